The van der Waals surface area contributed by atoms with Gasteiger partial charge in [-0.1, -0.05) is 18.2 Å². The van der Waals surface area contributed by atoms with Gasteiger partial charge in [-0.2, -0.15) is 0 Å². The van der Waals surface area contributed by atoms with Gasteiger partial charge in [0.2, 0.25) is 5.91 Å². The minimum absolute atomic E-state index is 0.0284. The molecule has 0 saturated carbocycles. The number of carbonyl (C=O) groups excluding carboxylic acids is 3. The van der Waals surface area contributed by atoms with Crippen LogP contribution in [0.3, 0.4) is 0 Å². The SMILES string of the molecule is Cn1c(=O)oc2ccc(CNC(=O)c3cc(C(=O)N[C@@H](C(N)=O)c4ccc(C(=O)O)cc4)n4c(=S)onc4n3)cc21. The molecular formula is C25H19N7O8S. The minimum Gasteiger partial charge on any atom is -0.478 e. The van der Waals surface area contributed by atoms with Gasteiger partial charge in [-0.25, -0.2) is 19.0 Å². The summed E-state index contributed by atoms with van der Waals surface area (Å²) in [6.45, 7) is 0.0454. The summed E-state index contributed by atoms with van der Waals surface area (Å²) < 4.78 is 12.5. The molecule has 0 aliphatic heterocycles. The van der Waals surface area contributed by atoms with E-state index in [-0.39, 0.29) is 39.7 Å². The van der Waals surface area contributed by atoms with Crippen LogP contribution in [-0.4, -0.2) is 47.9 Å². The molecule has 0 radical (unpaired) electrons. The standard InChI is InChI=1S/C25H19N7O8S/c1-31-15-8-11(2-7-17(15)39-24(31)38)10-27-20(34)14-9-16(32-23(28-14)30-40-25(32)41)21(35)29-18(19(26)33)12-3-5-13(6-4-12)22(36)37/h2-9,18H,10H2,1H3,(H2,26,33)(H,27,34)(H,29,35)(H,36,37)/t18-/m1/s1. The van der Waals surface area contributed by atoms with Gasteiger partial charge in [0.05, 0.1) is 11.1 Å². The second kappa shape index (κ2) is 10.5. The number of hydrogen-bond acceptors (Lipinski definition) is 10. The second-order valence-electron chi connectivity index (χ2n) is 8.76. The molecule has 5 rings (SSSR count). The molecule has 0 saturated heterocycles. The number of rotatable bonds is 8. The summed E-state index contributed by atoms with van der Waals surface area (Å²) in [4.78, 5) is 65.3. The lowest BCUT2D eigenvalue weighted by molar-refractivity contribution is -0.120. The highest BCUT2D eigenvalue weighted by molar-refractivity contribution is 7.71. The van der Waals surface area contributed by atoms with Gasteiger partial charge in [-0.15, -0.1) is 0 Å². The number of aryl methyl sites for hydroxylation is 1. The van der Waals surface area contributed by atoms with Crippen molar-refractivity contribution in [3.8, 4) is 0 Å². The molecule has 2 aromatic carbocycles. The van der Waals surface area contributed by atoms with E-state index in [0.29, 0.717) is 16.7 Å². The van der Waals surface area contributed by atoms with E-state index in [1.807, 2.05) is 0 Å². The quantitative estimate of drug-likeness (QED) is 0.191. The average molecular weight is 578 g/mol. The highest BCUT2D eigenvalue weighted by Crippen LogP contribution is 2.17. The fourth-order valence-electron chi connectivity index (χ4n) is 4.03. The maximum absolute atomic E-state index is 13.3. The molecule has 0 unspecified atom stereocenters. The lowest BCUT2D eigenvalue weighted by Gasteiger charge is -2.17. The largest absolute Gasteiger partial charge is 0.478 e. The van der Waals surface area contributed by atoms with Gasteiger partial charge in [0.25, 0.3) is 17.6 Å². The molecule has 0 aliphatic carbocycles. The van der Waals surface area contributed by atoms with Crippen LogP contribution < -0.4 is 22.1 Å². The lowest BCUT2D eigenvalue weighted by Crippen LogP contribution is -2.38. The minimum atomic E-state index is -1.35. The number of nitrogens with zero attached hydrogens (tertiary/aromatic N) is 4. The molecule has 3 amide bonds. The van der Waals surface area contributed by atoms with Crippen molar-refractivity contribution < 1.29 is 33.2 Å². The van der Waals surface area contributed by atoms with E-state index in [4.69, 9.17) is 32.0 Å². The number of fused-ring (bicyclic) bond motifs is 2. The fraction of sp³-hybridized carbons (Fsp3) is 0.120. The van der Waals surface area contributed by atoms with Gasteiger partial charge in [-0.3, -0.25) is 19.0 Å². The van der Waals surface area contributed by atoms with Crippen molar-refractivity contribution in [1.82, 2.24) is 29.7 Å². The summed E-state index contributed by atoms with van der Waals surface area (Å²) >= 11 is 5.10. The Bertz CT molecular complexity index is 1990. The normalized spacial score (nSPS) is 11.8. The third kappa shape index (κ3) is 5.18. The van der Waals surface area contributed by atoms with Crippen LogP contribution in [0.2, 0.25) is 0 Å². The molecule has 3 heterocycles. The van der Waals surface area contributed by atoms with Crippen LogP contribution in [0.5, 0.6) is 0 Å². The Morgan fingerprint density at radius 1 is 1.10 bits per heavy atom. The van der Waals surface area contributed by atoms with Gasteiger partial charge in [0, 0.05) is 13.6 Å². The Hall–Kier alpha value is -5.64. The van der Waals surface area contributed by atoms with E-state index >= 15 is 0 Å². The predicted molar refractivity (Wildman–Crippen MR) is 142 cm³/mol. The summed E-state index contributed by atoms with van der Waals surface area (Å²) in [5, 5.41) is 17.9. The fourth-order valence-corrected chi connectivity index (χ4v) is 4.25. The van der Waals surface area contributed by atoms with E-state index in [9.17, 15) is 24.0 Å². The topological polar surface area (TPSA) is 217 Å². The van der Waals surface area contributed by atoms with Gasteiger partial charge in [0.15, 0.2) is 5.58 Å². The van der Waals surface area contributed by atoms with Crippen molar-refractivity contribution in [3.05, 3.63) is 92.0 Å². The maximum atomic E-state index is 13.3. The maximum Gasteiger partial charge on any atom is 0.419 e. The molecule has 5 N–H and O–H groups in total. The van der Waals surface area contributed by atoms with Gasteiger partial charge in [0.1, 0.15) is 17.4 Å². The van der Waals surface area contributed by atoms with Crippen LogP contribution in [0.25, 0.3) is 16.9 Å². The van der Waals surface area contributed by atoms with Crippen LogP contribution in [0.15, 0.2) is 62.3 Å². The molecule has 41 heavy (non-hydrogen) atoms. The van der Waals surface area contributed by atoms with Crippen LogP contribution in [0.4, 0.5) is 0 Å². The monoisotopic (exact) mass is 577 g/mol. The third-order valence-electron chi connectivity index (χ3n) is 6.15. The first-order valence-electron chi connectivity index (χ1n) is 11.7. The molecule has 15 nitrogen and oxygen atoms in total. The van der Waals surface area contributed by atoms with Crippen molar-refractivity contribution in [3.63, 3.8) is 0 Å². The molecular weight excluding hydrogens is 558 g/mol. The van der Waals surface area contributed by atoms with Crippen molar-refractivity contribution >= 4 is 52.8 Å². The highest BCUT2D eigenvalue weighted by atomic mass is 32.1. The molecule has 0 spiro atoms. The number of carboxylic acid groups (broad SMARTS) is 1. The Morgan fingerprint density at radius 2 is 1.83 bits per heavy atom. The Balaban J connectivity index is 1.42. The number of aromatic carboxylic acids is 1. The Labute approximate surface area is 233 Å². The number of oxazole rings is 1. The zero-order valence-corrected chi connectivity index (χ0v) is 21.8. The first-order chi connectivity index (χ1) is 19.5. The van der Waals surface area contributed by atoms with Crippen LogP contribution >= 0.6 is 12.2 Å². The number of hydrogen-bond donors (Lipinski definition) is 4. The van der Waals surface area contributed by atoms with Crippen LogP contribution in [-0.2, 0) is 18.4 Å². The summed E-state index contributed by atoms with van der Waals surface area (Å²) in [5.74, 6) is -4.35. The van der Waals surface area contributed by atoms with Gasteiger partial charge < -0.3 is 30.4 Å². The molecule has 0 fully saturated rings. The summed E-state index contributed by atoms with van der Waals surface area (Å²) in [7, 11) is 1.55. The number of benzene rings is 2. The van der Waals surface area contributed by atoms with Gasteiger partial charge in [-0.05, 0) is 58.8 Å². The van der Waals surface area contributed by atoms with Crippen molar-refractivity contribution in [2.24, 2.45) is 12.8 Å². The van der Waals surface area contributed by atoms with E-state index < -0.39 is 35.5 Å². The zero-order valence-electron chi connectivity index (χ0n) is 21.0. The predicted octanol–water partition coefficient (Wildman–Crippen LogP) is 1.08. The van der Waals surface area contributed by atoms with Gasteiger partial charge >= 0.3 is 16.6 Å². The Kier molecular flexibility index (Phi) is 6.90. The number of carbonyl (C=O) groups is 4. The second-order valence-corrected chi connectivity index (χ2v) is 9.11. The van der Waals surface area contributed by atoms with Crippen LogP contribution in [0, 0.1) is 4.84 Å². The number of nitrogens with one attached hydrogen (secondary N) is 2. The summed E-state index contributed by atoms with van der Waals surface area (Å²) in [6, 6.07) is 9.93. The van der Waals surface area contributed by atoms with E-state index in [1.165, 1.54) is 28.8 Å². The van der Waals surface area contributed by atoms with Crippen molar-refractivity contribution in [1.29, 1.82) is 0 Å². The summed E-state index contributed by atoms with van der Waals surface area (Å²) in [6.07, 6.45) is 0. The lowest BCUT2D eigenvalue weighted by atomic mass is 10.0. The molecule has 208 valence electrons. The first-order valence-corrected chi connectivity index (χ1v) is 12.1. The van der Waals surface area contributed by atoms with Crippen molar-refractivity contribution in [2.45, 2.75) is 12.6 Å². The zero-order chi connectivity index (χ0) is 29.4. The number of primary amides is 1. The molecule has 16 heteroatoms. The number of nitrogens with two attached hydrogens (primary N) is 1. The average Bonchev–Trinajstić information content (AvgIpc) is 3.47. The van der Waals surface area contributed by atoms with Crippen LogP contribution in [0.1, 0.15) is 48.5 Å². The van der Waals surface area contributed by atoms with E-state index in [2.05, 4.69) is 20.8 Å². The molecule has 3 aromatic heterocycles. The van der Waals surface area contributed by atoms with E-state index in [0.717, 1.165) is 10.5 Å². The summed E-state index contributed by atoms with van der Waals surface area (Å²) in [5.41, 5.74) is 6.85. The Morgan fingerprint density at radius 3 is 2.51 bits per heavy atom. The first kappa shape index (κ1) is 26.9. The van der Waals surface area contributed by atoms with Crippen molar-refractivity contribution in [2.75, 3.05) is 0 Å². The number of carboxylic acids is 1. The molecule has 5 aromatic rings. The highest BCUT2D eigenvalue weighted by Gasteiger charge is 2.25. The molecule has 0 bridgehead atoms. The number of amides is 3. The molecule has 1 atom stereocenters. The smallest absolute Gasteiger partial charge is 0.419 e. The molecule has 0 aliphatic rings. The number of aromatic nitrogens is 4. The van der Waals surface area contributed by atoms with E-state index in [1.54, 1.807) is 25.2 Å². The third-order valence-corrected chi connectivity index (χ3v) is 6.40.